The maximum Gasteiger partial charge on any atom is 0.113 e. The Kier molecular flexibility index (Phi) is 7.48. The highest BCUT2D eigenvalue weighted by molar-refractivity contribution is 7.97. The molecule has 0 saturated carbocycles. The molecule has 33 heavy (non-hydrogen) atoms. The Bertz CT molecular complexity index is 1470. The number of thiophene rings is 2. The fourth-order valence-electron chi connectivity index (χ4n) is 3.22. The number of benzene rings is 1. The fraction of sp³-hybridized carbons (Fsp3) is 0.125. The van der Waals surface area contributed by atoms with Crippen molar-refractivity contribution >= 4 is 80.8 Å². The highest BCUT2D eigenvalue weighted by Crippen LogP contribution is 2.36. The van der Waals surface area contributed by atoms with Gasteiger partial charge in [-0.15, -0.1) is 22.7 Å². The van der Waals surface area contributed by atoms with Gasteiger partial charge in [-0.05, 0) is 61.4 Å². The van der Waals surface area contributed by atoms with Crippen LogP contribution in [0, 0.1) is 22.7 Å². The van der Waals surface area contributed by atoms with Gasteiger partial charge in [0, 0.05) is 49.0 Å². The molecule has 0 atom stereocenters. The van der Waals surface area contributed by atoms with Crippen molar-refractivity contribution in [3.63, 3.8) is 0 Å². The average Bonchev–Trinajstić information content (AvgIpc) is 3.57. The molecule has 0 saturated heterocycles. The Morgan fingerprint density at radius 3 is 2.39 bits per heavy atom. The van der Waals surface area contributed by atoms with Gasteiger partial charge in [0.25, 0.3) is 0 Å². The smallest absolute Gasteiger partial charge is 0.113 e. The van der Waals surface area contributed by atoms with Crippen molar-refractivity contribution in [1.82, 2.24) is 8.75 Å². The van der Waals surface area contributed by atoms with Crippen molar-refractivity contribution in [2.45, 2.75) is 13.3 Å². The monoisotopic (exact) mass is 503 g/mol. The predicted octanol–water partition coefficient (Wildman–Crippen LogP) is 7.58. The van der Waals surface area contributed by atoms with E-state index in [0.29, 0.717) is 17.6 Å². The van der Waals surface area contributed by atoms with Crippen LogP contribution in [0.4, 0.5) is 0 Å². The number of allylic oxidation sites excluding steroid dienone is 2. The van der Waals surface area contributed by atoms with E-state index in [1.807, 2.05) is 55.7 Å². The lowest BCUT2D eigenvalue weighted by molar-refractivity contribution is 1.34. The Balaban J connectivity index is 1.58. The van der Waals surface area contributed by atoms with Crippen molar-refractivity contribution in [2.75, 3.05) is 6.26 Å². The molecule has 5 nitrogen and oxygen atoms in total. The first kappa shape index (κ1) is 23.1. The summed E-state index contributed by atoms with van der Waals surface area (Å²) < 4.78 is 12.9. The van der Waals surface area contributed by atoms with E-state index in [9.17, 15) is 10.5 Å². The SMILES string of the molecule is CSN=C(C)CC(C#N)=Cc1ccc(-c2ccc(C=C(C#N)c3cccc4nsnc34)s2)s1. The summed E-state index contributed by atoms with van der Waals surface area (Å²) in [5.74, 6) is 0. The zero-order valence-corrected chi connectivity index (χ0v) is 21.0. The molecular weight excluding hydrogens is 487 g/mol. The molecule has 0 amide bonds. The van der Waals surface area contributed by atoms with Crippen LogP contribution in [0.2, 0.25) is 0 Å². The highest BCUT2D eigenvalue weighted by Gasteiger charge is 2.11. The van der Waals surface area contributed by atoms with E-state index in [0.717, 1.165) is 53.5 Å². The maximum atomic E-state index is 9.77. The summed E-state index contributed by atoms with van der Waals surface area (Å²) in [7, 11) is 0. The van der Waals surface area contributed by atoms with Crippen molar-refractivity contribution in [3.8, 4) is 21.9 Å². The molecule has 3 aromatic heterocycles. The number of fused-ring (bicyclic) bond motifs is 1. The van der Waals surface area contributed by atoms with E-state index >= 15 is 0 Å². The first-order valence-corrected chi connectivity index (χ1v) is 13.4. The van der Waals surface area contributed by atoms with E-state index in [2.05, 4.69) is 37.4 Å². The Morgan fingerprint density at radius 1 is 1.00 bits per heavy atom. The van der Waals surface area contributed by atoms with E-state index in [1.165, 1.54) is 11.9 Å². The molecule has 0 aliphatic heterocycles. The molecule has 0 N–H and O–H groups in total. The Labute approximate surface area is 208 Å². The molecule has 0 fully saturated rings. The molecule has 4 rings (SSSR count). The molecule has 3 heterocycles. The molecule has 0 aliphatic rings. The van der Waals surface area contributed by atoms with Gasteiger partial charge >= 0.3 is 0 Å². The third kappa shape index (κ3) is 5.47. The summed E-state index contributed by atoms with van der Waals surface area (Å²) in [5, 5.41) is 19.2. The third-order valence-corrected chi connectivity index (χ3v) is 7.93. The molecule has 4 aromatic rings. The summed E-state index contributed by atoms with van der Waals surface area (Å²) in [6.07, 6.45) is 6.29. The quantitative estimate of drug-likeness (QED) is 0.147. The van der Waals surface area contributed by atoms with Crippen molar-refractivity contribution in [1.29, 1.82) is 10.5 Å². The second-order valence-corrected chi connectivity index (χ2v) is 10.3. The van der Waals surface area contributed by atoms with Crippen LogP contribution in [-0.4, -0.2) is 20.7 Å². The van der Waals surface area contributed by atoms with Crippen molar-refractivity contribution in [2.24, 2.45) is 4.40 Å². The van der Waals surface area contributed by atoms with Crippen LogP contribution < -0.4 is 0 Å². The van der Waals surface area contributed by atoms with Crippen LogP contribution in [0.15, 0.2) is 52.4 Å². The molecule has 0 bridgehead atoms. The molecule has 1 aromatic carbocycles. The fourth-order valence-corrected chi connectivity index (χ4v) is 6.16. The molecule has 0 aliphatic carbocycles. The lowest BCUT2D eigenvalue weighted by atomic mass is 10.0. The topological polar surface area (TPSA) is 85.7 Å². The van der Waals surface area contributed by atoms with Gasteiger partial charge < -0.3 is 0 Å². The number of nitrogens with zero attached hydrogens (tertiary/aromatic N) is 5. The summed E-state index contributed by atoms with van der Waals surface area (Å²) in [5.41, 5.74) is 4.55. The van der Waals surface area contributed by atoms with Gasteiger partial charge in [-0.1, -0.05) is 12.1 Å². The predicted molar refractivity (Wildman–Crippen MR) is 143 cm³/mol. The minimum atomic E-state index is 0.552. The summed E-state index contributed by atoms with van der Waals surface area (Å²) in [6.45, 7) is 1.93. The van der Waals surface area contributed by atoms with Crippen LogP contribution in [0.1, 0.15) is 28.7 Å². The van der Waals surface area contributed by atoms with Gasteiger partial charge in [-0.3, -0.25) is 0 Å². The van der Waals surface area contributed by atoms with Crippen molar-refractivity contribution < 1.29 is 0 Å². The second-order valence-electron chi connectivity index (χ2n) is 6.98. The molecule has 162 valence electrons. The summed E-state index contributed by atoms with van der Waals surface area (Å²) in [6, 6.07) is 18.5. The third-order valence-electron chi connectivity index (χ3n) is 4.63. The second kappa shape index (κ2) is 10.7. The number of aromatic nitrogens is 2. The highest BCUT2D eigenvalue weighted by atomic mass is 32.2. The average molecular weight is 504 g/mol. The minimum absolute atomic E-state index is 0.552. The number of rotatable bonds is 7. The van der Waals surface area contributed by atoms with E-state index in [4.69, 9.17) is 0 Å². The van der Waals surface area contributed by atoms with Crippen LogP contribution in [0.25, 0.3) is 38.5 Å². The minimum Gasteiger partial charge on any atom is -0.226 e. The zero-order chi connectivity index (χ0) is 23.2. The number of hydrogen-bond acceptors (Lipinski definition) is 9. The van der Waals surface area contributed by atoms with Crippen LogP contribution in [0.5, 0.6) is 0 Å². The van der Waals surface area contributed by atoms with Gasteiger partial charge in [-0.2, -0.15) is 19.3 Å². The molecular formula is C24H17N5S4. The van der Waals surface area contributed by atoms with E-state index in [1.54, 1.807) is 22.7 Å². The standard InChI is InChI=1S/C24H17N5S4/c1-15(27-30-2)10-16(13-25)11-18-6-8-22(31-18)23-9-7-19(32-23)12-17(14-26)20-4-3-5-21-24(20)29-33-28-21/h3-9,11-12H,10H2,1-2H3. The van der Waals surface area contributed by atoms with Gasteiger partial charge in [0.1, 0.15) is 11.0 Å². The van der Waals surface area contributed by atoms with Crippen LogP contribution >= 0.6 is 46.3 Å². The van der Waals surface area contributed by atoms with E-state index in [-0.39, 0.29) is 0 Å². The van der Waals surface area contributed by atoms with Crippen LogP contribution in [0.3, 0.4) is 0 Å². The lowest BCUT2D eigenvalue weighted by Crippen LogP contribution is -1.91. The molecule has 0 spiro atoms. The lowest BCUT2D eigenvalue weighted by Gasteiger charge is -1.99. The van der Waals surface area contributed by atoms with Gasteiger partial charge in [0.05, 0.1) is 29.4 Å². The Morgan fingerprint density at radius 2 is 1.73 bits per heavy atom. The van der Waals surface area contributed by atoms with E-state index < -0.39 is 0 Å². The zero-order valence-electron chi connectivity index (χ0n) is 17.8. The molecule has 9 heteroatoms. The maximum absolute atomic E-state index is 9.77. The van der Waals surface area contributed by atoms with Crippen molar-refractivity contribution in [3.05, 3.63) is 63.4 Å². The Hall–Kier alpha value is -3.08. The van der Waals surface area contributed by atoms with Gasteiger partial charge in [-0.25, -0.2) is 4.40 Å². The summed E-state index contributed by atoms with van der Waals surface area (Å²) in [4.78, 5) is 4.27. The molecule has 0 radical (unpaired) electrons. The van der Waals surface area contributed by atoms with Gasteiger partial charge in [0.2, 0.25) is 0 Å². The molecule has 0 unspecified atom stereocenters. The first-order valence-electron chi connectivity index (χ1n) is 9.82. The normalized spacial score (nSPS) is 12.7. The van der Waals surface area contributed by atoms with Crippen LogP contribution in [-0.2, 0) is 0 Å². The number of nitriles is 2. The first-order chi connectivity index (χ1) is 16.1. The summed E-state index contributed by atoms with van der Waals surface area (Å²) >= 11 is 5.82. The van der Waals surface area contributed by atoms with Gasteiger partial charge in [0.15, 0.2) is 0 Å². The number of hydrogen-bond donors (Lipinski definition) is 0. The largest absolute Gasteiger partial charge is 0.226 e.